The Morgan fingerprint density at radius 2 is 1.58 bits per heavy atom. The van der Waals surface area contributed by atoms with E-state index in [1.807, 2.05) is 0 Å². The highest BCUT2D eigenvalue weighted by Crippen LogP contribution is 2.61. The van der Waals surface area contributed by atoms with Gasteiger partial charge >= 0.3 is 15.6 Å². The quantitative estimate of drug-likeness (QED) is 0.390. The van der Waals surface area contributed by atoms with Crippen molar-refractivity contribution in [3.05, 3.63) is 46.5 Å². The molecule has 0 unspecified atom stereocenters. The molecule has 0 saturated heterocycles. The summed E-state index contributed by atoms with van der Waals surface area (Å²) in [5, 5.41) is 11.7. The predicted octanol–water partition coefficient (Wildman–Crippen LogP) is 4.73. The van der Waals surface area contributed by atoms with Gasteiger partial charge in [-0.2, -0.15) is 21.6 Å². The summed E-state index contributed by atoms with van der Waals surface area (Å²) in [5.74, 6) is 0.00122. The van der Waals surface area contributed by atoms with Crippen molar-refractivity contribution in [2.75, 3.05) is 11.5 Å². The molecule has 0 aliphatic rings. The molecule has 0 amide bonds. The molecule has 0 aromatic heterocycles. The second kappa shape index (κ2) is 7.05. The Labute approximate surface area is 149 Å². The molecule has 2 rings (SSSR count). The number of benzene rings is 2. The Kier molecular flexibility index (Phi) is 5.54. The van der Waals surface area contributed by atoms with Crippen LogP contribution in [0.4, 0.5) is 18.9 Å². The van der Waals surface area contributed by atoms with Gasteiger partial charge in [0.15, 0.2) is 0 Å². The Hall–Kier alpha value is -1.85. The molecular weight excluding hydrogens is 395 g/mol. The van der Waals surface area contributed by atoms with Crippen LogP contribution in [0.1, 0.15) is 13.8 Å². The first-order valence-electron chi connectivity index (χ1n) is 7.46. The van der Waals surface area contributed by atoms with Crippen molar-refractivity contribution in [2.45, 2.75) is 24.3 Å². The van der Waals surface area contributed by atoms with Crippen molar-refractivity contribution in [2.24, 2.45) is 0 Å². The van der Waals surface area contributed by atoms with Crippen LogP contribution >= 0.6 is 10.3 Å². The molecule has 0 saturated carbocycles. The number of nitrogens with zero attached hydrogens (tertiary/aromatic N) is 1. The molecule has 0 radical (unpaired) electrons. The highest BCUT2D eigenvalue weighted by atomic mass is 32.3. The molecule has 0 aliphatic carbocycles. The molecule has 0 spiro atoms. The molecule has 6 nitrogen and oxygen atoms in total. The van der Waals surface area contributed by atoms with Crippen LogP contribution in [0, 0.1) is 10.1 Å². The number of halogens is 3. The van der Waals surface area contributed by atoms with Gasteiger partial charge in [-0.3, -0.25) is 10.1 Å². The monoisotopic (exact) mass is 411 g/mol. The molecule has 0 N–H and O–H groups in total. The Morgan fingerprint density at radius 3 is 2.04 bits per heavy atom. The van der Waals surface area contributed by atoms with Crippen molar-refractivity contribution in [1.29, 1.82) is 0 Å². The topological polar surface area (TPSA) is 86.5 Å². The van der Waals surface area contributed by atoms with Crippen LogP contribution in [-0.4, -0.2) is 30.4 Å². The van der Waals surface area contributed by atoms with E-state index in [1.54, 1.807) is 12.1 Å². The van der Waals surface area contributed by atoms with Gasteiger partial charge in [0.1, 0.15) is 0 Å². The number of hydrogen-bond donors (Lipinski definition) is 0. The third-order valence-corrected chi connectivity index (χ3v) is 9.24. The molecule has 2 aromatic rings. The summed E-state index contributed by atoms with van der Waals surface area (Å²) in [6.07, 6.45) is 0. The van der Waals surface area contributed by atoms with Crippen molar-refractivity contribution in [1.82, 2.24) is 0 Å². The maximum Gasteiger partial charge on any atom is 0.523 e. The van der Waals surface area contributed by atoms with Gasteiger partial charge in [0.25, 0.3) is 5.69 Å². The third-order valence-electron chi connectivity index (χ3n) is 3.89. The van der Waals surface area contributed by atoms with Crippen LogP contribution in [0.25, 0.3) is 10.8 Å². The zero-order valence-electron chi connectivity index (χ0n) is 13.8. The molecule has 0 fully saturated rings. The van der Waals surface area contributed by atoms with Gasteiger partial charge in [0, 0.05) is 27.9 Å². The number of non-ortho nitro benzene ring substituents is 1. The summed E-state index contributed by atoms with van der Waals surface area (Å²) < 4.78 is 66.6. The molecule has 11 heteroatoms. The standard InChI is InChI=1S/C15H16F3NO5S2/c1-3-25(4-2,24-26(22,23)15(16,17)18)14-10-9-13(19(20)21)11-7-5-6-8-12(11)14/h5-10H,3-4H2,1-2H3. The minimum atomic E-state index is -5.82. The average molecular weight is 411 g/mol. The first kappa shape index (κ1) is 20.5. The van der Waals surface area contributed by atoms with E-state index in [0.717, 1.165) is 6.07 Å². The van der Waals surface area contributed by atoms with E-state index in [2.05, 4.69) is 0 Å². The number of nitro benzene ring substituents is 1. The van der Waals surface area contributed by atoms with E-state index in [-0.39, 0.29) is 27.5 Å². The minimum absolute atomic E-state index is 0.000610. The largest absolute Gasteiger partial charge is 0.523 e. The number of fused-ring (bicyclic) bond motifs is 1. The van der Waals surface area contributed by atoms with Gasteiger partial charge in [-0.25, -0.2) is 3.63 Å². The van der Waals surface area contributed by atoms with Crippen LogP contribution in [-0.2, 0) is 13.7 Å². The summed E-state index contributed by atoms with van der Waals surface area (Å²) in [4.78, 5) is 10.8. The lowest BCUT2D eigenvalue weighted by Gasteiger charge is -2.37. The van der Waals surface area contributed by atoms with Crippen LogP contribution in [0.2, 0.25) is 0 Å². The van der Waals surface area contributed by atoms with E-state index < -0.39 is 30.9 Å². The van der Waals surface area contributed by atoms with Crippen molar-refractivity contribution >= 4 is 36.9 Å². The molecule has 0 bridgehead atoms. The molecule has 0 atom stereocenters. The maximum absolute atomic E-state index is 12.8. The van der Waals surface area contributed by atoms with E-state index in [9.17, 15) is 31.7 Å². The summed E-state index contributed by atoms with van der Waals surface area (Å²) >= 11 is 0. The zero-order chi connectivity index (χ0) is 19.8. The Morgan fingerprint density at radius 1 is 1.04 bits per heavy atom. The molecular formula is C15H16F3NO5S2. The van der Waals surface area contributed by atoms with Gasteiger partial charge in [-0.05, 0) is 12.1 Å². The van der Waals surface area contributed by atoms with Crippen LogP contribution < -0.4 is 0 Å². The molecule has 2 aromatic carbocycles. The van der Waals surface area contributed by atoms with Gasteiger partial charge in [-0.15, -0.1) is 0 Å². The normalized spacial score (nSPS) is 13.7. The highest BCUT2D eigenvalue weighted by Gasteiger charge is 2.51. The second-order valence-electron chi connectivity index (χ2n) is 5.24. The van der Waals surface area contributed by atoms with Gasteiger partial charge in [0.05, 0.1) is 10.3 Å². The Balaban J connectivity index is 2.77. The van der Waals surface area contributed by atoms with E-state index in [1.165, 1.54) is 32.0 Å². The SMILES string of the molecule is CCS(CC)(OS(=O)(=O)C(F)(F)F)c1ccc([N+](=O)[O-])c2ccccc12. The summed E-state index contributed by atoms with van der Waals surface area (Å²) in [6, 6.07) is 8.55. The fourth-order valence-corrected chi connectivity index (χ4v) is 7.27. The Bertz CT molecular complexity index is 940. The van der Waals surface area contributed by atoms with Gasteiger partial charge in [-0.1, -0.05) is 42.4 Å². The molecule has 26 heavy (non-hydrogen) atoms. The lowest BCUT2D eigenvalue weighted by atomic mass is 10.1. The van der Waals surface area contributed by atoms with Crippen molar-refractivity contribution in [3.8, 4) is 0 Å². The molecule has 0 aliphatic heterocycles. The zero-order valence-corrected chi connectivity index (χ0v) is 15.5. The summed E-state index contributed by atoms with van der Waals surface area (Å²) in [6.45, 7) is 3.06. The molecule has 0 heterocycles. The van der Waals surface area contributed by atoms with Crippen LogP contribution in [0.5, 0.6) is 0 Å². The van der Waals surface area contributed by atoms with Crippen LogP contribution in [0.15, 0.2) is 41.3 Å². The van der Waals surface area contributed by atoms with Crippen molar-refractivity contribution in [3.63, 3.8) is 0 Å². The minimum Gasteiger partial charge on any atom is -0.258 e. The average Bonchev–Trinajstić information content (AvgIpc) is 2.57. The van der Waals surface area contributed by atoms with E-state index in [0.29, 0.717) is 5.39 Å². The fraction of sp³-hybridized carbons (Fsp3) is 0.333. The first-order chi connectivity index (χ1) is 12.0. The maximum atomic E-state index is 12.8. The number of nitro groups is 1. The smallest absolute Gasteiger partial charge is 0.258 e. The van der Waals surface area contributed by atoms with Crippen molar-refractivity contribution < 1.29 is 30.1 Å². The highest BCUT2D eigenvalue weighted by molar-refractivity contribution is 8.33. The van der Waals surface area contributed by atoms with Gasteiger partial charge < -0.3 is 0 Å². The lowest BCUT2D eigenvalue weighted by Crippen LogP contribution is -2.28. The third kappa shape index (κ3) is 3.51. The molecule has 144 valence electrons. The lowest BCUT2D eigenvalue weighted by molar-refractivity contribution is -0.383. The van der Waals surface area contributed by atoms with Crippen LogP contribution in [0.3, 0.4) is 0 Å². The van der Waals surface area contributed by atoms with E-state index in [4.69, 9.17) is 3.63 Å². The van der Waals surface area contributed by atoms with Gasteiger partial charge in [0.2, 0.25) is 0 Å². The number of alkyl halides is 3. The predicted molar refractivity (Wildman–Crippen MR) is 93.6 cm³/mol. The summed E-state index contributed by atoms with van der Waals surface area (Å²) in [5.41, 5.74) is -5.77. The fourth-order valence-electron chi connectivity index (χ4n) is 2.60. The van der Waals surface area contributed by atoms with E-state index >= 15 is 0 Å². The second-order valence-corrected chi connectivity index (χ2v) is 10.4. The number of rotatable bonds is 6. The first-order valence-corrected chi connectivity index (χ1v) is 10.8. The summed E-state index contributed by atoms with van der Waals surface area (Å²) in [7, 11) is -8.71. The number of hydrogen-bond acceptors (Lipinski definition) is 5.